The van der Waals surface area contributed by atoms with Crippen LogP contribution in [0.1, 0.15) is 20.3 Å². The van der Waals surface area contributed by atoms with E-state index in [0.717, 1.165) is 17.3 Å². The van der Waals surface area contributed by atoms with Gasteiger partial charge in [-0.2, -0.15) is 0 Å². The molecule has 0 amide bonds. The first-order valence-corrected chi connectivity index (χ1v) is 7.83. The minimum absolute atomic E-state index is 0.0109. The number of aliphatic imine (C=N–C) groups is 1. The van der Waals surface area contributed by atoms with E-state index in [1.165, 1.54) is 12.1 Å². The lowest BCUT2D eigenvalue weighted by Crippen LogP contribution is -2.23. The lowest BCUT2D eigenvalue weighted by Gasteiger charge is -2.23. The number of nitrogens with one attached hydrogen (secondary N) is 1. The molecule has 1 aromatic rings. The van der Waals surface area contributed by atoms with Gasteiger partial charge < -0.3 is 5.32 Å². The molecule has 0 spiro atoms. The van der Waals surface area contributed by atoms with Crippen LogP contribution < -0.4 is 5.32 Å². The molecule has 1 aromatic carbocycles. The molecule has 0 saturated heterocycles. The minimum Gasteiger partial charge on any atom is -0.335 e. The Labute approximate surface area is 126 Å². The number of thioether (sulfide) groups is 1. The van der Waals surface area contributed by atoms with Crippen LogP contribution in [0.5, 0.6) is 0 Å². The second-order valence-electron chi connectivity index (χ2n) is 4.76. The normalized spacial score (nSPS) is 19.5. The second-order valence-corrected chi connectivity index (χ2v) is 6.66. The van der Waals surface area contributed by atoms with Crippen LogP contribution in [-0.2, 0) is 0 Å². The van der Waals surface area contributed by atoms with E-state index >= 15 is 0 Å². The standard InChI is InChI=1S/C13H15Cl2FN2S/c1-7(2)11-3-4-19-13(18-11)17-8-5-9(14)12(16)10(15)6-8/h5-7,11H,3-4H2,1-2H3,(H,17,18). The Morgan fingerprint density at radius 1 is 1.37 bits per heavy atom. The zero-order chi connectivity index (χ0) is 14.0. The molecule has 0 radical (unpaired) electrons. The molecule has 0 saturated carbocycles. The molecule has 1 aliphatic rings. The number of halogens is 3. The van der Waals surface area contributed by atoms with Crippen LogP contribution in [0.4, 0.5) is 10.1 Å². The largest absolute Gasteiger partial charge is 0.335 e. The molecule has 6 heteroatoms. The number of anilines is 1. The third-order valence-corrected chi connectivity index (χ3v) is 4.41. The fourth-order valence-electron chi connectivity index (χ4n) is 1.83. The van der Waals surface area contributed by atoms with Crippen LogP contribution in [0, 0.1) is 11.7 Å². The van der Waals surface area contributed by atoms with Gasteiger partial charge in [0, 0.05) is 11.4 Å². The van der Waals surface area contributed by atoms with Crippen molar-refractivity contribution in [3.63, 3.8) is 0 Å². The van der Waals surface area contributed by atoms with Gasteiger partial charge in [0.25, 0.3) is 0 Å². The summed E-state index contributed by atoms with van der Waals surface area (Å²) in [7, 11) is 0. The summed E-state index contributed by atoms with van der Waals surface area (Å²) >= 11 is 13.2. The van der Waals surface area contributed by atoms with Crippen LogP contribution >= 0.6 is 35.0 Å². The third kappa shape index (κ3) is 3.77. The first-order valence-electron chi connectivity index (χ1n) is 6.09. The Hall–Kier alpha value is -0.450. The van der Waals surface area contributed by atoms with Crippen LogP contribution in [0.2, 0.25) is 10.0 Å². The zero-order valence-electron chi connectivity index (χ0n) is 10.7. The summed E-state index contributed by atoms with van der Waals surface area (Å²) in [5.74, 6) is 0.947. The van der Waals surface area contributed by atoms with Gasteiger partial charge in [-0.05, 0) is 24.5 Å². The lowest BCUT2D eigenvalue weighted by atomic mass is 10.0. The summed E-state index contributed by atoms with van der Waals surface area (Å²) in [5.41, 5.74) is 0.659. The molecular weight excluding hydrogens is 306 g/mol. The molecular formula is C13H15Cl2FN2S. The van der Waals surface area contributed by atoms with E-state index in [1.54, 1.807) is 11.8 Å². The van der Waals surface area contributed by atoms with E-state index in [9.17, 15) is 4.39 Å². The summed E-state index contributed by atoms with van der Waals surface area (Å²) in [6, 6.07) is 3.37. The first kappa shape index (κ1) is 14.9. The average Bonchev–Trinajstić information content (AvgIpc) is 2.36. The highest BCUT2D eigenvalue weighted by Gasteiger charge is 2.19. The molecule has 0 fully saturated rings. The van der Waals surface area contributed by atoms with Crippen LogP contribution in [-0.4, -0.2) is 17.0 Å². The molecule has 1 N–H and O–H groups in total. The topological polar surface area (TPSA) is 24.4 Å². The maximum absolute atomic E-state index is 13.3. The highest BCUT2D eigenvalue weighted by molar-refractivity contribution is 8.14. The number of hydrogen-bond donors (Lipinski definition) is 1. The summed E-state index contributed by atoms with van der Waals surface area (Å²) in [6.45, 7) is 4.32. The number of benzene rings is 1. The fourth-order valence-corrected chi connectivity index (χ4v) is 3.27. The fraction of sp³-hybridized carbons (Fsp3) is 0.462. The molecule has 1 atom stereocenters. The zero-order valence-corrected chi connectivity index (χ0v) is 13.0. The number of amidine groups is 1. The van der Waals surface area contributed by atoms with Gasteiger partial charge in [-0.3, -0.25) is 4.99 Å². The van der Waals surface area contributed by atoms with Crippen molar-refractivity contribution in [1.82, 2.24) is 0 Å². The Morgan fingerprint density at radius 3 is 2.58 bits per heavy atom. The van der Waals surface area contributed by atoms with Gasteiger partial charge in [0.05, 0.1) is 16.1 Å². The van der Waals surface area contributed by atoms with Gasteiger partial charge >= 0.3 is 0 Å². The van der Waals surface area contributed by atoms with E-state index in [-0.39, 0.29) is 10.0 Å². The lowest BCUT2D eigenvalue weighted by molar-refractivity contribution is 0.485. The molecule has 0 bridgehead atoms. The van der Waals surface area contributed by atoms with Gasteiger partial charge in [-0.15, -0.1) is 0 Å². The monoisotopic (exact) mass is 320 g/mol. The van der Waals surface area contributed by atoms with Crippen LogP contribution in [0.3, 0.4) is 0 Å². The Morgan fingerprint density at radius 2 is 2.00 bits per heavy atom. The van der Waals surface area contributed by atoms with Crippen molar-refractivity contribution in [2.75, 3.05) is 11.1 Å². The first-order chi connectivity index (χ1) is 8.97. The summed E-state index contributed by atoms with van der Waals surface area (Å²) in [5, 5.41) is 4.01. The molecule has 1 heterocycles. The van der Waals surface area contributed by atoms with Gasteiger partial charge in [-0.1, -0.05) is 48.8 Å². The number of rotatable bonds is 2. The van der Waals surface area contributed by atoms with Crippen molar-refractivity contribution in [1.29, 1.82) is 0 Å². The molecule has 0 aliphatic carbocycles. The van der Waals surface area contributed by atoms with E-state index in [0.29, 0.717) is 17.6 Å². The van der Waals surface area contributed by atoms with Crippen molar-refractivity contribution < 1.29 is 4.39 Å². The van der Waals surface area contributed by atoms with Crippen LogP contribution in [0.25, 0.3) is 0 Å². The molecule has 19 heavy (non-hydrogen) atoms. The maximum Gasteiger partial charge on any atom is 0.161 e. The van der Waals surface area contributed by atoms with Crippen molar-refractivity contribution in [2.45, 2.75) is 26.3 Å². The van der Waals surface area contributed by atoms with Gasteiger partial charge in [0.2, 0.25) is 0 Å². The molecule has 1 aliphatic heterocycles. The van der Waals surface area contributed by atoms with Crippen molar-refractivity contribution in [2.24, 2.45) is 10.9 Å². The molecule has 104 valence electrons. The van der Waals surface area contributed by atoms with Crippen molar-refractivity contribution >= 4 is 45.8 Å². The van der Waals surface area contributed by atoms with Crippen molar-refractivity contribution in [3.05, 3.63) is 28.0 Å². The Balaban J connectivity index is 2.17. The second kappa shape index (κ2) is 6.33. The summed E-state index contributed by atoms with van der Waals surface area (Å²) in [4.78, 5) is 4.65. The third-order valence-electron chi connectivity index (χ3n) is 2.94. The van der Waals surface area contributed by atoms with Gasteiger partial charge in [-0.25, -0.2) is 4.39 Å². The summed E-state index contributed by atoms with van der Waals surface area (Å²) in [6.07, 6.45) is 1.08. The summed E-state index contributed by atoms with van der Waals surface area (Å²) < 4.78 is 13.3. The average molecular weight is 321 g/mol. The number of nitrogens with zero attached hydrogens (tertiary/aromatic N) is 1. The highest BCUT2D eigenvalue weighted by atomic mass is 35.5. The van der Waals surface area contributed by atoms with E-state index in [2.05, 4.69) is 24.2 Å². The SMILES string of the molecule is CC(C)C1CCSC(Nc2cc(Cl)c(F)c(Cl)c2)=N1. The molecule has 2 nitrogen and oxygen atoms in total. The molecule has 0 aromatic heterocycles. The quantitative estimate of drug-likeness (QED) is 0.770. The van der Waals surface area contributed by atoms with Crippen molar-refractivity contribution in [3.8, 4) is 0 Å². The Bertz CT molecular complexity index is 482. The maximum atomic E-state index is 13.3. The predicted molar refractivity (Wildman–Crippen MR) is 83.2 cm³/mol. The van der Waals surface area contributed by atoms with Gasteiger partial charge in [0.15, 0.2) is 11.0 Å². The smallest absolute Gasteiger partial charge is 0.161 e. The van der Waals surface area contributed by atoms with E-state index in [1.807, 2.05) is 0 Å². The Kier molecular flexibility index (Phi) is 4.98. The minimum atomic E-state index is -0.591. The molecule has 1 unspecified atom stereocenters. The molecule has 2 rings (SSSR count). The van der Waals surface area contributed by atoms with E-state index in [4.69, 9.17) is 23.2 Å². The number of hydrogen-bond acceptors (Lipinski definition) is 3. The van der Waals surface area contributed by atoms with Gasteiger partial charge in [0.1, 0.15) is 0 Å². The predicted octanol–water partition coefficient (Wildman–Crippen LogP) is 5.06. The van der Waals surface area contributed by atoms with Crippen LogP contribution in [0.15, 0.2) is 17.1 Å². The highest BCUT2D eigenvalue weighted by Crippen LogP contribution is 2.29. The van der Waals surface area contributed by atoms with E-state index < -0.39 is 5.82 Å².